The molecule has 0 N–H and O–H groups in total. The Morgan fingerprint density at radius 2 is 1.75 bits per heavy atom. The van der Waals surface area contributed by atoms with Gasteiger partial charge in [0.05, 0.1) is 0 Å². The van der Waals surface area contributed by atoms with Crippen LogP contribution in [0.3, 0.4) is 0 Å². The average Bonchev–Trinajstić information content (AvgIpc) is 1.36. The first kappa shape index (κ1) is 1.09. The summed E-state index contributed by atoms with van der Waals surface area (Å²) < 4.78 is 0. The minimum absolute atomic E-state index is 1.31. The number of rotatable bonds is 0. The maximum atomic E-state index is 3.03. The van der Waals surface area contributed by atoms with E-state index >= 15 is 0 Å². The first-order valence-electron chi connectivity index (χ1n) is 1.46. The Balaban J connectivity index is 3.13. The van der Waals surface area contributed by atoms with E-state index in [1.54, 1.807) is 0 Å². The predicted octanol–water partition coefficient (Wildman–Crippen LogP) is 0.855. The van der Waals surface area contributed by atoms with Crippen molar-refractivity contribution in [1.29, 1.82) is 0 Å². The molecule has 0 unspecified atom stereocenters. The molecule has 0 aliphatic heterocycles. The van der Waals surface area contributed by atoms with E-state index in [9.17, 15) is 0 Å². The molecule has 0 bridgehead atoms. The van der Waals surface area contributed by atoms with Crippen molar-refractivity contribution in [2.75, 3.05) is 0 Å². The topological polar surface area (TPSA) is 0 Å². The van der Waals surface area contributed by atoms with E-state index in [0.717, 1.165) is 0 Å². The third kappa shape index (κ3) is 0.00727. The second-order valence-electron chi connectivity index (χ2n) is 1.26. The van der Waals surface area contributed by atoms with Crippen LogP contribution in [0, 0.1) is 0 Å². The van der Waals surface area contributed by atoms with Gasteiger partial charge in [0.25, 0.3) is 0 Å². The number of allylic oxidation sites excluding steroid dienone is 1. The van der Waals surface area contributed by atoms with Gasteiger partial charge in [-0.05, 0) is 0 Å². The summed E-state index contributed by atoms with van der Waals surface area (Å²) in [6, 6.07) is 0. The van der Waals surface area contributed by atoms with Crippen LogP contribution in [-0.4, -0.2) is 0 Å². The maximum absolute atomic E-state index is 3.03. The lowest BCUT2D eigenvalue weighted by Gasteiger charge is -1.32. The molecular formula is C4H2. The van der Waals surface area contributed by atoms with Gasteiger partial charge >= 0.3 is 0 Å². The normalized spacial score (nSPS) is 26.0. The van der Waals surface area contributed by atoms with Crippen molar-refractivity contribution in [2.24, 2.45) is 0 Å². The van der Waals surface area contributed by atoms with Crippen LogP contribution >= 0.6 is 0 Å². The lowest BCUT2D eigenvalue weighted by molar-refractivity contribution is 1.65. The fourth-order valence-corrected chi connectivity index (χ4v) is 0.265. The minimum atomic E-state index is 1.31. The summed E-state index contributed by atoms with van der Waals surface area (Å²) >= 11 is 0. The average molecular weight is 50.1 g/mol. The first-order chi connectivity index (χ1) is 1.97. The zero-order valence-corrected chi connectivity index (χ0v) is 2.21. The molecule has 0 amide bonds. The Morgan fingerprint density at radius 3 is 1.75 bits per heavy atom. The van der Waals surface area contributed by atoms with Crippen molar-refractivity contribution in [3.05, 3.63) is 16.9 Å². The van der Waals surface area contributed by atoms with Gasteiger partial charge in [-0.1, -0.05) is 0 Å². The van der Waals surface area contributed by atoms with Gasteiger partial charge in [-0.3, -0.25) is 0 Å². The monoisotopic (exact) mass is 50.0 g/mol. The smallest absolute Gasteiger partial charge is 0.0140 e. The molecule has 0 spiro atoms. The van der Waals surface area contributed by atoms with E-state index in [1.807, 2.05) is 0 Å². The van der Waals surface area contributed by atoms with Crippen molar-refractivity contribution < 1.29 is 0 Å². The van der Waals surface area contributed by atoms with Crippen LogP contribution in [0.1, 0.15) is 6.42 Å². The van der Waals surface area contributed by atoms with Crippen molar-refractivity contribution in [3.8, 4) is 0 Å². The van der Waals surface area contributed by atoms with Crippen molar-refractivity contribution >= 4 is 0 Å². The molecule has 4 heavy (non-hydrogen) atoms. The van der Waals surface area contributed by atoms with Crippen LogP contribution in [0.15, 0.2) is 16.9 Å². The summed E-state index contributed by atoms with van der Waals surface area (Å²) in [5.41, 5.74) is 6.03. The highest BCUT2D eigenvalue weighted by Crippen LogP contribution is 2.46. The molecule has 1 fully saturated rings. The summed E-state index contributed by atoms with van der Waals surface area (Å²) in [7, 11) is 0. The number of fused-ring (bicyclic) bond motifs is 1. The van der Waals surface area contributed by atoms with E-state index in [1.165, 1.54) is 17.6 Å². The highest BCUT2D eigenvalue weighted by atomic mass is 14.3. The van der Waals surface area contributed by atoms with E-state index in [2.05, 4.69) is 5.73 Å². The standard InChI is InChI=1S/C4H2/c1-3-2-4(1)3/h1H2. The van der Waals surface area contributed by atoms with Gasteiger partial charge < -0.3 is 0 Å². The Bertz CT molecular complexity index is 111. The molecule has 2 rings (SSSR count). The fourth-order valence-electron chi connectivity index (χ4n) is 0.265. The molecule has 0 radical (unpaired) electrons. The van der Waals surface area contributed by atoms with Crippen LogP contribution in [0.2, 0.25) is 0 Å². The van der Waals surface area contributed by atoms with Gasteiger partial charge in [-0.25, -0.2) is 0 Å². The van der Waals surface area contributed by atoms with E-state index in [4.69, 9.17) is 0 Å². The second kappa shape index (κ2) is 0.103. The van der Waals surface area contributed by atoms with Crippen LogP contribution in [0.4, 0.5) is 0 Å². The van der Waals surface area contributed by atoms with Crippen molar-refractivity contribution in [3.63, 3.8) is 0 Å². The van der Waals surface area contributed by atoms with Crippen molar-refractivity contribution in [1.82, 2.24) is 0 Å². The van der Waals surface area contributed by atoms with Gasteiger partial charge in [0.2, 0.25) is 0 Å². The SMILES string of the molecule is C1=C2CC=12. The highest BCUT2D eigenvalue weighted by Gasteiger charge is 2.30. The molecule has 0 heterocycles. The Kier molecular flexibility index (Phi) is 0.0282. The third-order valence-electron chi connectivity index (χ3n) is 0.832. The summed E-state index contributed by atoms with van der Waals surface area (Å²) in [6.45, 7) is 0. The Morgan fingerprint density at radius 1 is 1.50 bits per heavy atom. The lowest BCUT2D eigenvalue weighted by atomic mass is 10.7. The molecular weight excluding hydrogens is 48.0 g/mol. The summed E-state index contributed by atoms with van der Waals surface area (Å²) in [6.07, 6.45) is 1.31. The lowest BCUT2D eigenvalue weighted by Crippen LogP contribution is -1.15. The quantitative estimate of drug-likeness (QED) is 0.357. The van der Waals surface area contributed by atoms with Gasteiger partial charge in [-0.15, -0.1) is 5.73 Å². The van der Waals surface area contributed by atoms with Crippen LogP contribution in [-0.2, 0) is 0 Å². The molecule has 0 nitrogen and oxygen atoms in total. The summed E-state index contributed by atoms with van der Waals surface area (Å²) in [5.74, 6) is 0. The third-order valence-corrected chi connectivity index (χ3v) is 0.832. The molecule has 0 heteroatoms. The number of hydrogen-bond acceptors (Lipinski definition) is 0. The van der Waals surface area contributed by atoms with E-state index < -0.39 is 0 Å². The number of hydrogen-bond donors (Lipinski definition) is 0. The first-order valence-corrected chi connectivity index (χ1v) is 1.46. The van der Waals surface area contributed by atoms with E-state index in [-0.39, 0.29) is 0 Å². The van der Waals surface area contributed by atoms with E-state index in [0.29, 0.717) is 0 Å². The molecule has 0 atom stereocenters. The minimum Gasteiger partial charge on any atom is -0.111 e. The van der Waals surface area contributed by atoms with Crippen LogP contribution in [0.5, 0.6) is 0 Å². The van der Waals surface area contributed by atoms with Crippen molar-refractivity contribution in [2.45, 2.75) is 6.42 Å². The highest BCUT2D eigenvalue weighted by molar-refractivity contribution is 5.63. The molecule has 2 aliphatic carbocycles. The zero-order valence-electron chi connectivity index (χ0n) is 2.21. The zero-order chi connectivity index (χ0) is 2.57. The van der Waals surface area contributed by atoms with Gasteiger partial charge in [0.1, 0.15) is 0 Å². The Hall–Kier alpha value is -0.480. The van der Waals surface area contributed by atoms with Crippen LogP contribution < -0.4 is 0 Å². The maximum Gasteiger partial charge on any atom is 0.0140 e. The summed E-state index contributed by atoms with van der Waals surface area (Å²) in [5, 5.41) is 0. The molecule has 0 aromatic carbocycles. The van der Waals surface area contributed by atoms with Crippen LogP contribution in [0.25, 0.3) is 0 Å². The molecule has 2 aliphatic rings. The molecule has 1 saturated carbocycles. The molecule has 18 valence electrons. The predicted molar refractivity (Wildman–Crippen MR) is 15.2 cm³/mol. The van der Waals surface area contributed by atoms with Gasteiger partial charge in [0, 0.05) is 17.6 Å². The fraction of sp³-hybridized carbons (Fsp3) is 0.250. The molecule has 0 aromatic rings. The van der Waals surface area contributed by atoms with Gasteiger partial charge in [-0.2, -0.15) is 0 Å². The second-order valence-corrected chi connectivity index (χ2v) is 1.26. The van der Waals surface area contributed by atoms with Gasteiger partial charge in [0.15, 0.2) is 0 Å². The Labute approximate surface area is 24.4 Å². The molecule has 0 saturated heterocycles. The molecule has 0 aromatic heterocycles. The summed E-state index contributed by atoms with van der Waals surface area (Å²) in [4.78, 5) is 0. The largest absolute Gasteiger partial charge is 0.111 e.